The normalized spacial score (nSPS) is 22.5. The highest BCUT2D eigenvalue weighted by molar-refractivity contribution is 5.02. The molecule has 1 fully saturated rings. The van der Waals surface area contributed by atoms with E-state index in [1.54, 1.807) is 18.6 Å². The lowest BCUT2D eigenvalue weighted by molar-refractivity contribution is 0.213. The highest BCUT2D eigenvalue weighted by Crippen LogP contribution is 2.08. The van der Waals surface area contributed by atoms with E-state index in [0.29, 0.717) is 5.88 Å². The van der Waals surface area contributed by atoms with Gasteiger partial charge in [0.2, 0.25) is 5.88 Å². The summed E-state index contributed by atoms with van der Waals surface area (Å²) >= 11 is 0. The van der Waals surface area contributed by atoms with Crippen LogP contribution >= 0.6 is 0 Å². The molecule has 0 radical (unpaired) electrons. The van der Waals surface area contributed by atoms with Crippen LogP contribution in [-0.2, 0) is 0 Å². The maximum absolute atomic E-state index is 5.54. The van der Waals surface area contributed by atoms with Gasteiger partial charge in [0.25, 0.3) is 0 Å². The van der Waals surface area contributed by atoms with Crippen LogP contribution in [0.15, 0.2) is 18.6 Å². The molecule has 1 aliphatic rings. The van der Waals surface area contributed by atoms with Crippen molar-refractivity contribution >= 4 is 0 Å². The summed E-state index contributed by atoms with van der Waals surface area (Å²) in [4.78, 5) is 7.95. The van der Waals surface area contributed by atoms with Gasteiger partial charge in [-0.3, -0.25) is 4.98 Å². The summed E-state index contributed by atoms with van der Waals surface area (Å²) in [5.41, 5.74) is 0. The smallest absolute Gasteiger partial charge is 0.232 e. The minimum Gasteiger partial charge on any atom is -0.472 e. The van der Waals surface area contributed by atoms with Crippen molar-refractivity contribution in [2.24, 2.45) is 0 Å². The minimum atomic E-state index is 0.265. The second-order valence-electron chi connectivity index (χ2n) is 2.78. The van der Waals surface area contributed by atoms with Crippen LogP contribution in [0.2, 0.25) is 0 Å². The predicted octanol–water partition coefficient (Wildman–Crippen LogP) is 0.217. The molecule has 1 saturated heterocycles. The third-order valence-electron chi connectivity index (χ3n) is 1.84. The molecule has 0 unspecified atom stereocenters. The molecular weight excluding hydrogens is 154 g/mol. The van der Waals surface area contributed by atoms with Crippen molar-refractivity contribution in [2.45, 2.75) is 12.5 Å². The van der Waals surface area contributed by atoms with E-state index in [2.05, 4.69) is 15.3 Å². The van der Waals surface area contributed by atoms with Gasteiger partial charge < -0.3 is 10.1 Å². The lowest BCUT2D eigenvalue weighted by Crippen LogP contribution is -2.20. The van der Waals surface area contributed by atoms with Crippen LogP contribution in [0.25, 0.3) is 0 Å². The second-order valence-corrected chi connectivity index (χ2v) is 2.78. The molecule has 0 aliphatic carbocycles. The average Bonchev–Trinajstić information content (AvgIpc) is 2.59. The molecule has 2 heterocycles. The first-order chi connectivity index (χ1) is 5.95. The molecule has 0 spiro atoms. The van der Waals surface area contributed by atoms with Gasteiger partial charge in [-0.2, -0.15) is 0 Å². The fraction of sp³-hybridized carbons (Fsp3) is 0.500. The SMILES string of the molecule is c1cnc(O[C@H]2CCNC2)cn1. The average molecular weight is 165 g/mol. The zero-order valence-electron chi connectivity index (χ0n) is 6.73. The van der Waals surface area contributed by atoms with Gasteiger partial charge in [0.05, 0.1) is 6.20 Å². The van der Waals surface area contributed by atoms with Crippen LogP contribution in [0.3, 0.4) is 0 Å². The Balaban J connectivity index is 1.94. The second kappa shape index (κ2) is 3.49. The van der Waals surface area contributed by atoms with Crippen molar-refractivity contribution < 1.29 is 4.74 Å². The van der Waals surface area contributed by atoms with Crippen LogP contribution < -0.4 is 10.1 Å². The van der Waals surface area contributed by atoms with Crippen LogP contribution in [0.5, 0.6) is 5.88 Å². The monoisotopic (exact) mass is 165 g/mol. The maximum atomic E-state index is 5.54. The highest BCUT2D eigenvalue weighted by Gasteiger charge is 2.15. The Morgan fingerprint density at radius 1 is 1.50 bits per heavy atom. The standard InChI is InChI=1S/C8H11N3O/c1-2-9-5-7(1)12-8-6-10-3-4-11-8/h3-4,6-7,9H,1-2,5H2/t7-/m0/s1. The van der Waals surface area contributed by atoms with Crippen molar-refractivity contribution in [1.82, 2.24) is 15.3 Å². The summed E-state index contributed by atoms with van der Waals surface area (Å²) in [6, 6.07) is 0. The summed E-state index contributed by atoms with van der Waals surface area (Å²) in [6.07, 6.45) is 6.23. The van der Waals surface area contributed by atoms with Gasteiger partial charge in [0, 0.05) is 18.9 Å². The quantitative estimate of drug-likeness (QED) is 0.681. The van der Waals surface area contributed by atoms with E-state index in [9.17, 15) is 0 Å². The molecule has 0 aromatic carbocycles. The Labute approximate surface area is 71.0 Å². The molecule has 4 nitrogen and oxygen atoms in total. The number of nitrogens with one attached hydrogen (secondary N) is 1. The first-order valence-corrected chi connectivity index (χ1v) is 4.08. The van der Waals surface area contributed by atoms with Gasteiger partial charge in [-0.1, -0.05) is 0 Å². The molecule has 1 N–H and O–H groups in total. The molecule has 1 aliphatic heterocycles. The lowest BCUT2D eigenvalue weighted by Gasteiger charge is -2.09. The summed E-state index contributed by atoms with van der Waals surface area (Å²) in [6.45, 7) is 1.95. The molecule has 12 heavy (non-hydrogen) atoms. The zero-order valence-corrected chi connectivity index (χ0v) is 6.73. The van der Waals surface area contributed by atoms with Gasteiger partial charge in [-0.15, -0.1) is 0 Å². The Hall–Kier alpha value is -1.16. The van der Waals surface area contributed by atoms with Gasteiger partial charge >= 0.3 is 0 Å². The Morgan fingerprint density at radius 2 is 2.50 bits per heavy atom. The summed E-state index contributed by atoms with van der Waals surface area (Å²) in [5.74, 6) is 0.617. The highest BCUT2D eigenvalue weighted by atomic mass is 16.5. The predicted molar refractivity (Wildman–Crippen MR) is 43.9 cm³/mol. The molecule has 1 atom stereocenters. The third kappa shape index (κ3) is 1.71. The minimum absolute atomic E-state index is 0.265. The fourth-order valence-corrected chi connectivity index (χ4v) is 1.25. The van der Waals surface area contributed by atoms with E-state index in [0.717, 1.165) is 19.5 Å². The Kier molecular flexibility index (Phi) is 2.18. The summed E-state index contributed by atoms with van der Waals surface area (Å²) in [5, 5.41) is 3.22. The van der Waals surface area contributed by atoms with Crippen molar-refractivity contribution in [1.29, 1.82) is 0 Å². The maximum Gasteiger partial charge on any atom is 0.232 e. The van der Waals surface area contributed by atoms with Gasteiger partial charge in [-0.25, -0.2) is 4.98 Å². The van der Waals surface area contributed by atoms with Crippen molar-refractivity contribution in [3.8, 4) is 5.88 Å². The number of hydrogen-bond donors (Lipinski definition) is 1. The lowest BCUT2D eigenvalue weighted by atomic mass is 10.3. The number of ether oxygens (including phenoxy) is 1. The van der Waals surface area contributed by atoms with E-state index < -0.39 is 0 Å². The van der Waals surface area contributed by atoms with Crippen molar-refractivity contribution in [3.05, 3.63) is 18.6 Å². The fourth-order valence-electron chi connectivity index (χ4n) is 1.25. The van der Waals surface area contributed by atoms with Gasteiger partial charge in [-0.05, 0) is 13.0 Å². The first kappa shape index (κ1) is 7.49. The third-order valence-corrected chi connectivity index (χ3v) is 1.84. The number of rotatable bonds is 2. The summed E-state index contributed by atoms with van der Waals surface area (Å²) in [7, 11) is 0. The van der Waals surface area contributed by atoms with Gasteiger partial charge in [0.15, 0.2) is 0 Å². The molecule has 0 amide bonds. The zero-order chi connectivity index (χ0) is 8.23. The van der Waals surface area contributed by atoms with Crippen LogP contribution in [0.1, 0.15) is 6.42 Å². The van der Waals surface area contributed by atoms with E-state index in [-0.39, 0.29) is 6.10 Å². The van der Waals surface area contributed by atoms with E-state index in [1.165, 1.54) is 0 Å². The molecule has 4 heteroatoms. The first-order valence-electron chi connectivity index (χ1n) is 4.08. The molecule has 64 valence electrons. The van der Waals surface area contributed by atoms with Crippen molar-refractivity contribution in [2.75, 3.05) is 13.1 Å². The van der Waals surface area contributed by atoms with E-state index in [1.807, 2.05) is 0 Å². The van der Waals surface area contributed by atoms with Crippen LogP contribution in [0.4, 0.5) is 0 Å². The van der Waals surface area contributed by atoms with Crippen molar-refractivity contribution in [3.63, 3.8) is 0 Å². The van der Waals surface area contributed by atoms with E-state index in [4.69, 9.17) is 4.74 Å². The Morgan fingerprint density at radius 3 is 3.17 bits per heavy atom. The molecule has 2 rings (SSSR count). The van der Waals surface area contributed by atoms with Gasteiger partial charge in [0.1, 0.15) is 6.10 Å². The molecule has 1 aromatic heterocycles. The van der Waals surface area contributed by atoms with Crippen LogP contribution in [0, 0.1) is 0 Å². The molecule has 0 saturated carbocycles. The van der Waals surface area contributed by atoms with E-state index >= 15 is 0 Å². The number of nitrogens with zero attached hydrogens (tertiary/aromatic N) is 2. The van der Waals surface area contributed by atoms with Crippen LogP contribution in [-0.4, -0.2) is 29.2 Å². The number of aromatic nitrogens is 2. The summed E-state index contributed by atoms with van der Waals surface area (Å²) < 4.78 is 5.54. The molecule has 1 aromatic rings. The molecular formula is C8H11N3O. The largest absolute Gasteiger partial charge is 0.472 e. The molecule has 0 bridgehead atoms. The number of hydrogen-bond acceptors (Lipinski definition) is 4. The Bertz CT molecular complexity index is 233. The topological polar surface area (TPSA) is 47.0 Å².